The Balaban J connectivity index is 1.42. The van der Waals surface area contributed by atoms with Gasteiger partial charge in [0.15, 0.2) is 0 Å². The molecule has 1 amide bonds. The van der Waals surface area contributed by atoms with Crippen molar-refractivity contribution in [1.82, 2.24) is 14.9 Å². The van der Waals surface area contributed by atoms with Crippen LogP contribution in [0, 0.1) is 5.92 Å². The number of piperidine rings is 1. The molecule has 0 atom stereocenters. The Morgan fingerprint density at radius 1 is 1.16 bits per heavy atom. The number of methoxy groups -OCH3 is 1. The summed E-state index contributed by atoms with van der Waals surface area (Å²) in [6, 6.07) is 2.97. The van der Waals surface area contributed by atoms with Gasteiger partial charge in [-0.05, 0) is 62.9 Å². The van der Waals surface area contributed by atoms with Crippen molar-refractivity contribution in [3.8, 4) is 5.75 Å². The van der Waals surface area contributed by atoms with Crippen LogP contribution in [-0.4, -0.2) is 64.3 Å². The van der Waals surface area contributed by atoms with E-state index in [9.17, 15) is 26.4 Å². The molecule has 1 aliphatic carbocycles. The number of benzene rings is 1. The zero-order valence-electron chi connectivity index (χ0n) is 17.4. The normalized spacial score (nSPS) is 18.7. The molecule has 2 aliphatic rings. The number of alkyl halides is 3. The van der Waals surface area contributed by atoms with Crippen LogP contribution in [0.3, 0.4) is 0 Å². The average molecular weight is 464 g/mol. The lowest BCUT2D eigenvalue weighted by atomic mass is 9.96. The van der Waals surface area contributed by atoms with E-state index < -0.39 is 27.7 Å². The van der Waals surface area contributed by atoms with Crippen molar-refractivity contribution in [2.75, 3.05) is 39.8 Å². The standard InChI is InChI=1S/C20H28F3N3O4S/c1-30-17-11-15(10-16(12-17)20(21,22)23)19(27)24-13-14-4-7-26(8-5-14)9-6-25-31(28,29)18-2-3-18/h10-12,14,18,25H,2-9,13H2,1H3,(H,24,27). The van der Waals surface area contributed by atoms with E-state index in [4.69, 9.17) is 4.74 Å². The van der Waals surface area contributed by atoms with Crippen molar-refractivity contribution in [2.45, 2.75) is 37.1 Å². The van der Waals surface area contributed by atoms with Crippen LogP contribution in [0.1, 0.15) is 41.6 Å². The summed E-state index contributed by atoms with van der Waals surface area (Å²) in [7, 11) is -1.91. The lowest BCUT2D eigenvalue weighted by Gasteiger charge is -2.32. The highest BCUT2D eigenvalue weighted by Crippen LogP contribution is 2.32. The first kappa shape index (κ1) is 23.8. The summed E-state index contributed by atoms with van der Waals surface area (Å²) >= 11 is 0. The van der Waals surface area contributed by atoms with Gasteiger partial charge in [-0.3, -0.25) is 4.79 Å². The maximum atomic E-state index is 13.0. The van der Waals surface area contributed by atoms with Crippen molar-refractivity contribution in [3.05, 3.63) is 29.3 Å². The molecule has 0 radical (unpaired) electrons. The van der Waals surface area contributed by atoms with Crippen LogP contribution in [0.4, 0.5) is 13.2 Å². The Labute approximate surface area is 180 Å². The molecule has 1 heterocycles. The minimum Gasteiger partial charge on any atom is -0.497 e. The molecular formula is C20H28F3N3O4S. The van der Waals surface area contributed by atoms with Crippen molar-refractivity contribution in [2.24, 2.45) is 5.92 Å². The highest BCUT2D eigenvalue weighted by Gasteiger charge is 2.35. The lowest BCUT2D eigenvalue weighted by Crippen LogP contribution is -2.42. The van der Waals surface area contributed by atoms with Crippen molar-refractivity contribution in [1.29, 1.82) is 0 Å². The van der Waals surface area contributed by atoms with Crippen molar-refractivity contribution < 1.29 is 31.1 Å². The van der Waals surface area contributed by atoms with Gasteiger partial charge in [-0.25, -0.2) is 13.1 Å². The van der Waals surface area contributed by atoms with Gasteiger partial charge in [0.1, 0.15) is 5.75 Å². The number of nitrogens with zero attached hydrogens (tertiary/aromatic N) is 1. The number of carbonyl (C=O) groups excluding carboxylic acids is 1. The number of halogens is 3. The van der Waals surface area contributed by atoms with Gasteiger partial charge in [0, 0.05) is 25.2 Å². The third-order valence-electron chi connectivity index (χ3n) is 5.68. The topological polar surface area (TPSA) is 87.7 Å². The molecule has 11 heteroatoms. The summed E-state index contributed by atoms with van der Waals surface area (Å²) in [5.74, 6) is -0.372. The first-order chi connectivity index (χ1) is 14.6. The van der Waals surface area contributed by atoms with Crippen LogP contribution in [0.15, 0.2) is 18.2 Å². The van der Waals surface area contributed by atoms with Crippen LogP contribution < -0.4 is 14.8 Å². The highest BCUT2D eigenvalue weighted by atomic mass is 32.2. The monoisotopic (exact) mass is 463 g/mol. The predicted molar refractivity (Wildman–Crippen MR) is 109 cm³/mol. The molecule has 2 N–H and O–H groups in total. The van der Waals surface area contributed by atoms with E-state index in [0.717, 1.165) is 50.9 Å². The van der Waals surface area contributed by atoms with Gasteiger partial charge in [0.2, 0.25) is 10.0 Å². The van der Waals surface area contributed by atoms with Gasteiger partial charge in [-0.2, -0.15) is 13.2 Å². The number of rotatable bonds is 9. The zero-order valence-corrected chi connectivity index (χ0v) is 18.2. The molecule has 0 bridgehead atoms. The number of nitrogens with one attached hydrogen (secondary N) is 2. The zero-order chi connectivity index (χ0) is 22.6. The number of likely N-dealkylation sites (tertiary alicyclic amines) is 1. The SMILES string of the molecule is COc1cc(C(=O)NCC2CCN(CCNS(=O)(=O)C3CC3)CC2)cc(C(F)(F)F)c1. The summed E-state index contributed by atoms with van der Waals surface area (Å²) < 4.78 is 70.3. The van der Waals surface area contributed by atoms with Crippen molar-refractivity contribution >= 4 is 15.9 Å². The molecule has 7 nitrogen and oxygen atoms in total. The molecule has 0 unspecified atom stereocenters. The van der Waals surface area contributed by atoms with Crippen LogP contribution in [0.5, 0.6) is 5.75 Å². The van der Waals surface area contributed by atoms with Gasteiger partial charge in [0.05, 0.1) is 17.9 Å². The Kier molecular flexibility index (Phi) is 7.48. The molecule has 1 saturated carbocycles. The summed E-state index contributed by atoms with van der Waals surface area (Å²) in [6.45, 7) is 2.96. The Hall–Kier alpha value is -1.85. The molecule has 2 fully saturated rings. The Morgan fingerprint density at radius 3 is 2.42 bits per heavy atom. The second kappa shape index (κ2) is 9.74. The Bertz CT molecular complexity index is 880. The minimum absolute atomic E-state index is 0.0226. The molecular weight excluding hydrogens is 435 g/mol. The van der Waals surface area contributed by atoms with E-state index in [-0.39, 0.29) is 22.5 Å². The summed E-state index contributed by atoms with van der Waals surface area (Å²) in [5, 5.41) is 2.50. The first-order valence-corrected chi connectivity index (χ1v) is 11.9. The summed E-state index contributed by atoms with van der Waals surface area (Å²) in [6.07, 6.45) is -1.45. The number of hydrogen-bond acceptors (Lipinski definition) is 5. The van der Waals surface area contributed by atoms with E-state index in [2.05, 4.69) is 14.9 Å². The fraction of sp³-hybridized carbons (Fsp3) is 0.650. The fourth-order valence-corrected chi connectivity index (χ4v) is 4.98. The summed E-state index contributed by atoms with van der Waals surface area (Å²) in [4.78, 5) is 14.6. The molecule has 1 aromatic carbocycles. The van der Waals surface area contributed by atoms with E-state index in [1.165, 1.54) is 13.2 Å². The molecule has 1 aliphatic heterocycles. The first-order valence-electron chi connectivity index (χ1n) is 10.3. The van der Waals surface area contributed by atoms with Gasteiger partial charge in [-0.15, -0.1) is 0 Å². The second-order valence-electron chi connectivity index (χ2n) is 8.08. The van der Waals surface area contributed by atoms with Gasteiger partial charge >= 0.3 is 6.18 Å². The number of hydrogen-bond donors (Lipinski definition) is 2. The van der Waals surface area contributed by atoms with Crippen LogP contribution in [0.25, 0.3) is 0 Å². The molecule has 0 aromatic heterocycles. The van der Waals surface area contributed by atoms with E-state index in [1.54, 1.807) is 0 Å². The van der Waals surface area contributed by atoms with Crippen molar-refractivity contribution in [3.63, 3.8) is 0 Å². The molecule has 3 rings (SSSR count). The van der Waals surface area contributed by atoms with Crippen LogP contribution in [0.2, 0.25) is 0 Å². The quantitative estimate of drug-likeness (QED) is 0.587. The Morgan fingerprint density at radius 2 is 1.84 bits per heavy atom. The predicted octanol–water partition coefficient (Wildman–Crippen LogP) is 2.24. The molecule has 31 heavy (non-hydrogen) atoms. The number of ether oxygens (including phenoxy) is 1. The fourth-order valence-electron chi connectivity index (χ4n) is 3.61. The smallest absolute Gasteiger partial charge is 0.416 e. The number of sulfonamides is 1. The number of amides is 1. The second-order valence-corrected chi connectivity index (χ2v) is 10.1. The van der Waals surface area contributed by atoms with Gasteiger partial charge in [-0.1, -0.05) is 0 Å². The maximum Gasteiger partial charge on any atom is 0.416 e. The molecule has 1 saturated heterocycles. The van der Waals surface area contributed by atoms with Crippen LogP contribution in [-0.2, 0) is 16.2 Å². The number of carbonyl (C=O) groups is 1. The third kappa shape index (κ3) is 6.81. The molecule has 174 valence electrons. The van der Waals surface area contributed by atoms with E-state index >= 15 is 0 Å². The van der Waals surface area contributed by atoms with Gasteiger partial charge in [0.25, 0.3) is 5.91 Å². The molecule has 1 aromatic rings. The minimum atomic E-state index is -4.57. The van der Waals surface area contributed by atoms with Crippen LogP contribution >= 0.6 is 0 Å². The average Bonchev–Trinajstić information content (AvgIpc) is 3.58. The third-order valence-corrected chi connectivity index (χ3v) is 7.64. The van der Waals surface area contributed by atoms with E-state index in [0.29, 0.717) is 19.6 Å². The highest BCUT2D eigenvalue weighted by molar-refractivity contribution is 7.90. The molecule has 0 spiro atoms. The van der Waals surface area contributed by atoms with Gasteiger partial charge < -0.3 is 15.0 Å². The van der Waals surface area contributed by atoms with E-state index in [1.807, 2.05) is 0 Å². The maximum absolute atomic E-state index is 13.0. The summed E-state index contributed by atoms with van der Waals surface area (Å²) in [5.41, 5.74) is -1.02. The largest absolute Gasteiger partial charge is 0.497 e. The lowest BCUT2D eigenvalue weighted by molar-refractivity contribution is -0.137.